The number of nitrogens with two attached hydrogens (primary N) is 1. The van der Waals surface area contributed by atoms with Gasteiger partial charge in [0.2, 0.25) is 5.91 Å². The Morgan fingerprint density at radius 3 is 2.80 bits per heavy atom. The molecule has 2 rings (SSSR count). The van der Waals surface area contributed by atoms with Gasteiger partial charge in [0.25, 0.3) is 10.0 Å². The predicted octanol–water partition coefficient (Wildman–Crippen LogP) is -0.715. The molecule has 0 spiro atoms. The molecule has 8 heteroatoms. The summed E-state index contributed by atoms with van der Waals surface area (Å²) in [7, 11) is -3.97. The maximum Gasteiger partial charge on any atom is 0.261 e. The number of nitrogens with zero attached hydrogens (tertiary/aromatic N) is 2. The van der Waals surface area contributed by atoms with E-state index in [1.807, 2.05) is 0 Å². The van der Waals surface area contributed by atoms with Crippen LogP contribution in [0.25, 0.3) is 0 Å². The first-order valence-electron chi connectivity index (χ1n) is 6.18. The van der Waals surface area contributed by atoms with Gasteiger partial charge in [0.15, 0.2) is 5.03 Å². The summed E-state index contributed by atoms with van der Waals surface area (Å²) in [6.45, 7) is 0.111. The van der Waals surface area contributed by atoms with E-state index in [1.54, 1.807) is 12.1 Å². The third-order valence-electron chi connectivity index (χ3n) is 3.13. The maximum absolute atomic E-state index is 12.5. The van der Waals surface area contributed by atoms with E-state index in [2.05, 4.69) is 4.98 Å². The van der Waals surface area contributed by atoms with Gasteiger partial charge in [-0.2, -0.15) is 4.31 Å². The van der Waals surface area contributed by atoms with Gasteiger partial charge in [-0.3, -0.25) is 4.79 Å². The van der Waals surface area contributed by atoms with Gasteiger partial charge in [-0.25, -0.2) is 13.4 Å². The standard InChI is InChI=1S/C12H16N3O4S/c13-12(17)11-9(16)5-2-4-8-15(11)20(18,19)10-6-1-3-7-14-10/h1,3,5-7,9,11,16H,2,4,8H2,(H2,13,17). The lowest BCUT2D eigenvalue weighted by Gasteiger charge is -2.28. The molecule has 0 saturated carbocycles. The molecule has 1 saturated heterocycles. The summed E-state index contributed by atoms with van der Waals surface area (Å²) >= 11 is 0. The number of hydrogen-bond acceptors (Lipinski definition) is 5. The molecule has 0 aliphatic carbocycles. The summed E-state index contributed by atoms with van der Waals surface area (Å²) < 4.78 is 26.0. The first-order valence-corrected chi connectivity index (χ1v) is 7.62. The van der Waals surface area contributed by atoms with E-state index in [0.29, 0.717) is 12.8 Å². The number of pyridine rings is 1. The lowest BCUT2D eigenvalue weighted by Crippen LogP contribution is -2.53. The Morgan fingerprint density at radius 1 is 1.45 bits per heavy atom. The van der Waals surface area contributed by atoms with Crippen LogP contribution in [0.2, 0.25) is 0 Å². The molecule has 1 aliphatic rings. The number of aromatic nitrogens is 1. The predicted molar refractivity (Wildman–Crippen MR) is 70.7 cm³/mol. The molecule has 0 aromatic carbocycles. The number of carbonyl (C=O) groups is 1. The van der Waals surface area contributed by atoms with Crippen molar-refractivity contribution in [3.05, 3.63) is 30.8 Å². The first kappa shape index (κ1) is 14.9. The minimum atomic E-state index is -3.97. The molecule has 3 N–H and O–H groups in total. The number of primary amides is 1. The zero-order chi connectivity index (χ0) is 14.8. The number of rotatable bonds is 3. The van der Waals surface area contributed by atoms with Gasteiger partial charge in [-0.1, -0.05) is 6.07 Å². The molecule has 7 nitrogen and oxygen atoms in total. The van der Waals surface area contributed by atoms with Crippen molar-refractivity contribution in [1.82, 2.24) is 9.29 Å². The van der Waals surface area contributed by atoms with Crippen LogP contribution in [-0.2, 0) is 14.8 Å². The molecule has 1 fully saturated rings. The Bertz CT molecular complexity index is 576. The molecule has 20 heavy (non-hydrogen) atoms. The summed E-state index contributed by atoms with van der Waals surface area (Å²) in [6, 6.07) is 3.17. The van der Waals surface area contributed by atoms with Crippen LogP contribution in [-0.4, -0.2) is 47.4 Å². The van der Waals surface area contributed by atoms with Gasteiger partial charge in [-0.05, 0) is 31.4 Å². The highest BCUT2D eigenvalue weighted by Gasteiger charge is 2.40. The van der Waals surface area contributed by atoms with E-state index in [1.165, 1.54) is 18.7 Å². The lowest BCUT2D eigenvalue weighted by molar-refractivity contribution is -0.124. The average Bonchev–Trinajstić information content (AvgIpc) is 2.62. The molecular formula is C12H16N3O4S. The van der Waals surface area contributed by atoms with Crippen LogP contribution in [0.4, 0.5) is 0 Å². The van der Waals surface area contributed by atoms with Gasteiger partial charge in [0.1, 0.15) is 6.04 Å². The van der Waals surface area contributed by atoms with Gasteiger partial charge in [0.05, 0.1) is 6.10 Å². The molecule has 1 aromatic heterocycles. The van der Waals surface area contributed by atoms with Gasteiger partial charge in [0, 0.05) is 12.7 Å². The van der Waals surface area contributed by atoms with Crippen LogP contribution in [0.5, 0.6) is 0 Å². The van der Waals surface area contributed by atoms with Gasteiger partial charge in [-0.15, -0.1) is 0 Å². The topological polar surface area (TPSA) is 114 Å². The van der Waals surface area contributed by atoms with E-state index in [-0.39, 0.29) is 11.6 Å². The minimum Gasteiger partial charge on any atom is -0.391 e. The molecule has 2 heterocycles. The molecule has 2 atom stereocenters. The SMILES string of the molecule is NC(=O)C1C(O)[CH]CCCN1S(=O)(=O)c1ccccn1. The molecule has 1 radical (unpaired) electrons. The van der Waals surface area contributed by atoms with Crippen LogP contribution in [0.15, 0.2) is 29.4 Å². The summed E-state index contributed by atoms with van der Waals surface area (Å²) in [5.41, 5.74) is 5.25. The highest BCUT2D eigenvalue weighted by Crippen LogP contribution is 2.23. The largest absolute Gasteiger partial charge is 0.391 e. The third kappa shape index (κ3) is 2.82. The van der Waals surface area contributed by atoms with Crippen LogP contribution in [0.1, 0.15) is 12.8 Å². The van der Waals surface area contributed by atoms with Crippen molar-refractivity contribution in [2.45, 2.75) is 30.0 Å². The van der Waals surface area contributed by atoms with Crippen LogP contribution >= 0.6 is 0 Å². The highest BCUT2D eigenvalue weighted by molar-refractivity contribution is 7.89. The van der Waals surface area contributed by atoms with E-state index >= 15 is 0 Å². The third-order valence-corrected chi connectivity index (χ3v) is 4.92. The zero-order valence-corrected chi connectivity index (χ0v) is 11.5. The number of amides is 1. The first-order chi connectivity index (χ1) is 9.44. The summed E-state index contributed by atoms with van der Waals surface area (Å²) in [5, 5.41) is 9.75. The summed E-state index contributed by atoms with van der Waals surface area (Å²) in [6.07, 6.45) is 2.66. The van der Waals surface area contributed by atoms with Crippen molar-refractivity contribution < 1.29 is 18.3 Å². The fourth-order valence-corrected chi connectivity index (χ4v) is 3.76. The Kier molecular flexibility index (Phi) is 4.36. The quantitative estimate of drug-likeness (QED) is 0.765. The molecular weight excluding hydrogens is 282 g/mol. The maximum atomic E-state index is 12.5. The monoisotopic (exact) mass is 298 g/mol. The molecule has 2 unspecified atom stereocenters. The number of sulfonamides is 1. The van der Waals surface area contributed by atoms with Crippen molar-refractivity contribution >= 4 is 15.9 Å². The molecule has 1 aliphatic heterocycles. The Labute approximate surface area is 117 Å². The lowest BCUT2D eigenvalue weighted by atomic mass is 10.1. The van der Waals surface area contributed by atoms with Crippen LogP contribution in [0, 0.1) is 6.42 Å². The van der Waals surface area contributed by atoms with Gasteiger partial charge >= 0.3 is 0 Å². The second-order valence-corrected chi connectivity index (χ2v) is 6.34. The average molecular weight is 298 g/mol. The van der Waals surface area contributed by atoms with E-state index in [4.69, 9.17) is 5.73 Å². The molecule has 1 aromatic rings. The Balaban J connectivity index is 2.44. The molecule has 0 bridgehead atoms. The highest BCUT2D eigenvalue weighted by atomic mass is 32.2. The van der Waals surface area contributed by atoms with Crippen LogP contribution < -0.4 is 5.73 Å². The van der Waals surface area contributed by atoms with Crippen molar-refractivity contribution in [1.29, 1.82) is 0 Å². The van der Waals surface area contributed by atoms with Crippen molar-refractivity contribution in [3.63, 3.8) is 0 Å². The van der Waals surface area contributed by atoms with Crippen LogP contribution in [0.3, 0.4) is 0 Å². The van der Waals surface area contributed by atoms with Crippen molar-refractivity contribution in [3.8, 4) is 0 Å². The fourth-order valence-electron chi connectivity index (χ4n) is 2.17. The summed E-state index contributed by atoms with van der Waals surface area (Å²) in [5.74, 6) is -0.879. The number of carbonyl (C=O) groups excluding carboxylic acids is 1. The molecule has 109 valence electrons. The number of hydrogen-bond donors (Lipinski definition) is 2. The second-order valence-electron chi connectivity index (χ2n) is 4.50. The van der Waals surface area contributed by atoms with E-state index in [0.717, 1.165) is 4.31 Å². The minimum absolute atomic E-state index is 0.111. The van der Waals surface area contributed by atoms with Crippen molar-refractivity contribution in [2.24, 2.45) is 5.73 Å². The normalized spacial score (nSPS) is 25.1. The smallest absolute Gasteiger partial charge is 0.261 e. The zero-order valence-electron chi connectivity index (χ0n) is 10.7. The van der Waals surface area contributed by atoms with E-state index < -0.39 is 28.1 Å². The second kappa shape index (κ2) is 5.86. The van der Waals surface area contributed by atoms with E-state index in [9.17, 15) is 18.3 Å². The fraction of sp³-hybridized carbons (Fsp3) is 0.417. The Hall–Kier alpha value is -1.51. The van der Waals surface area contributed by atoms with Crippen molar-refractivity contribution in [2.75, 3.05) is 6.54 Å². The number of aliphatic hydroxyl groups is 1. The molecule has 1 amide bonds. The Morgan fingerprint density at radius 2 is 2.20 bits per heavy atom. The number of aliphatic hydroxyl groups excluding tert-OH is 1. The van der Waals surface area contributed by atoms with Gasteiger partial charge < -0.3 is 10.8 Å². The summed E-state index contributed by atoms with van der Waals surface area (Å²) in [4.78, 5) is 15.3.